The molecule has 1 atom stereocenters. The summed E-state index contributed by atoms with van der Waals surface area (Å²) in [6.07, 6.45) is 4.86. The van der Waals surface area contributed by atoms with E-state index in [9.17, 15) is 4.79 Å². The molecule has 2 aromatic rings. The number of hydrogen-bond acceptors (Lipinski definition) is 3. The third-order valence-electron chi connectivity index (χ3n) is 3.03. The van der Waals surface area contributed by atoms with Gasteiger partial charge in [-0.25, -0.2) is 0 Å². The summed E-state index contributed by atoms with van der Waals surface area (Å²) in [5, 5.41) is 0. The average molecular weight is 228 g/mol. The Morgan fingerprint density at radius 2 is 2.06 bits per heavy atom. The molecule has 0 saturated carbocycles. The molecule has 0 aliphatic heterocycles. The molecule has 2 rings (SSSR count). The van der Waals surface area contributed by atoms with E-state index in [0.717, 1.165) is 11.9 Å². The summed E-state index contributed by atoms with van der Waals surface area (Å²) in [5.41, 5.74) is 2.18. The van der Waals surface area contributed by atoms with Gasteiger partial charge in [-0.3, -0.25) is 14.8 Å². The predicted octanol–water partition coefficient (Wildman–Crippen LogP) is 3.25. The van der Waals surface area contributed by atoms with Crippen LogP contribution in [0, 0.1) is 5.92 Å². The van der Waals surface area contributed by atoms with Crippen molar-refractivity contribution in [2.24, 2.45) is 5.92 Å². The Morgan fingerprint density at radius 3 is 2.82 bits per heavy atom. The van der Waals surface area contributed by atoms with Gasteiger partial charge < -0.3 is 0 Å². The van der Waals surface area contributed by atoms with Crippen LogP contribution in [0.2, 0.25) is 0 Å². The molecule has 3 heteroatoms. The van der Waals surface area contributed by atoms with Crippen molar-refractivity contribution in [1.29, 1.82) is 0 Å². The van der Waals surface area contributed by atoms with Crippen molar-refractivity contribution in [1.82, 2.24) is 9.97 Å². The molecule has 0 saturated heterocycles. The second kappa shape index (κ2) is 5.04. The smallest absolute Gasteiger partial charge is 0.165 e. The van der Waals surface area contributed by atoms with Gasteiger partial charge in [0.25, 0.3) is 0 Å². The molecule has 0 aliphatic carbocycles. The van der Waals surface area contributed by atoms with E-state index in [-0.39, 0.29) is 5.78 Å². The van der Waals surface area contributed by atoms with Gasteiger partial charge in [0, 0.05) is 24.4 Å². The zero-order chi connectivity index (χ0) is 12.3. The molecule has 0 aliphatic rings. The van der Waals surface area contributed by atoms with Crippen LogP contribution in [0.25, 0.3) is 11.0 Å². The minimum Gasteiger partial charge on any atom is -0.294 e. The van der Waals surface area contributed by atoms with E-state index in [1.54, 1.807) is 12.4 Å². The van der Waals surface area contributed by atoms with E-state index in [0.29, 0.717) is 23.4 Å². The predicted molar refractivity (Wildman–Crippen MR) is 67.9 cm³/mol. The van der Waals surface area contributed by atoms with Gasteiger partial charge in [0.05, 0.1) is 11.0 Å². The summed E-state index contributed by atoms with van der Waals surface area (Å²) in [4.78, 5) is 20.6. The standard InChI is InChI=1S/C14H16N2O/c1-3-10(2)9-13(17)11-5-4-6-12-14(11)16-8-7-15-12/h4-8,10H,3,9H2,1-2H3. The van der Waals surface area contributed by atoms with Gasteiger partial charge in [0.2, 0.25) is 0 Å². The molecule has 1 unspecified atom stereocenters. The van der Waals surface area contributed by atoms with Crippen molar-refractivity contribution >= 4 is 16.8 Å². The topological polar surface area (TPSA) is 42.9 Å². The molecule has 1 aromatic heterocycles. The van der Waals surface area contributed by atoms with Crippen LogP contribution in [-0.4, -0.2) is 15.8 Å². The maximum absolute atomic E-state index is 12.2. The lowest BCUT2D eigenvalue weighted by molar-refractivity contribution is 0.0965. The number of ketones is 1. The number of carbonyl (C=O) groups is 1. The highest BCUT2D eigenvalue weighted by Crippen LogP contribution is 2.18. The summed E-state index contributed by atoms with van der Waals surface area (Å²) in [7, 11) is 0. The molecule has 0 bridgehead atoms. The molecule has 88 valence electrons. The molecular formula is C14H16N2O. The van der Waals surface area contributed by atoms with Crippen LogP contribution in [0.3, 0.4) is 0 Å². The fourth-order valence-electron chi connectivity index (χ4n) is 1.79. The highest BCUT2D eigenvalue weighted by atomic mass is 16.1. The first-order valence-electron chi connectivity index (χ1n) is 5.95. The monoisotopic (exact) mass is 228 g/mol. The number of benzene rings is 1. The molecule has 3 nitrogen and oxygen atoms in total. The highest BCUT2D eigenvalue weighted by molar-refractivity contribution is 6.05. The summed E-state index contributed by atoms with van der Waals surface area (Å²) in [5.74, 6) is 0.569. The second-order valence-electron chi connectivity index (χ2n) is 4.37. The number of carbonyl (C=O) groups excluding carboxylic acids is 1. The van der Waals surface area contributed by atoms with Gasteiger partial charge in [-0.2, -0.15) is 0 Å². The number of fused-ring (bicyclic) bond motifs is 1. The van der Waals surface area contributed by atoms with E-state index >= 15 is 0 Å². The molecule has 1 aromatic carbocycles. The van der Waals surface area contributed by atoms with Gasteiger partial charge in [-0.05, 0) is 18.1 Å². The Labute approximate surface area is 101 Å². The first-order valence-corrected chi connectivity index (χ1v) is 5.95. The van der Waals surface area contributed by atoms with Gasteiger partial charge in [-0.15, -0.1) is 0 Å². The summed E-state index contributed by atoms with van der Waals surface area (Å²) in [6, 6.07) is 5.57. The number of hydrogen-bond donors (Lipinski definition) is 0. The Bertz CT molecular complexity index is 531. The Morgan fingerprint density at radius 1 is 1.29 bits per heavy atom. The van der Waals surface area contributed by atoms with Crippen LogP contribution in [0.5, 0.6) is 0 Å². The third-order valence-corrected chi connectivity index (χ3v) is 3.03. The zero-order valence-corrected chi connectivity index (χ0v) is 10.2. The van der Waals surface area contributed by atoms with Crippen molar-refractivity contribution in [3.8, 4) is 0 Å². The third kappa shape index (κ3) is 2.49. The van der Waals surface area contributed by atoms with Crippen molar-refractivity contribution in [2.45, 2.75) is 26.7 Å². The lowest BCUT2D eigenvalue weighted by Gasteiger charge is -2.08. The summed E-state index contributed by atoms with van der Waals surface area (Å²) in [6.45, 7) is 4.19. The van der Waals surface area contributed by atoms with Crippen molar-refractivity contribution < 1.29 is 4.79 Å². The van der Waals surface area contributed by atoms with Crippen LogP contribution in [0.15, 0.2) is 30.6 Å². The van der Waals surface area contributed by atoms with Crippen LogP contribution in [0.4, 0.5) is 0 Å². The van der Waals surface area contributed by atoms with Crippen LogP contribution in [-0.2, 0) is 0 Å². The van der Waals surface area contributed by atoms with Crippen molar-refractivity contribution in [3.63, 3.8) is 0 Å². The Hall–Kier alpha value is -1.77. The fraction of sp³-hybridized carbons (Fsp3) is 0.357. The summed E-state index contributed by atoms with van der Waals surface area (Å²) >= 11 is 0. The molecule has 0 fully saturated rings. The van der Waals surface area contributed by atoms with Gasteiger partial charge in [-0.1, -0.05) is 26.3 Å². The van der Waals surface area contributed by atoms with E-state index in [1.807, 2.05) is 18.2 Å². The summed E-state index contributed by atoms with van der Waals surface area (Å²) < 4.78 is 0. The zero-order valence-electron chi connectivity index (χ0n) is 10.2. The minimum absolute atomic E-state index is 0.158. The maximum atomic E-state index is 12.2. The molecule has 0 radical (unpaired) electrons. The van der Waals surface area contributed by atoms with Crippen LogP contribution in [0.1, 0.15) is 37.0 Å². The van der Waals surface area contributed by atoms with E-state index in [2.05, 4.69) is 23.8 Å². The molecular weight excluding hydrogens is 212 g/mol. The largest absolute Gasteiger partial charge is 0.294 e. The van der Waals surface area contributed by atoms with Gasteiger partial charge in [0.15, 0.2) is 5.78 Å². The SMILES string of the molecule is CCC(C)CC(=O)c1cccc2nccnc12. The van der Waals surface area contributed by atoms with Crippen molar-refractivity contribution in [2.75, 3.05) is 0 Å². The molecule has 0 spiro atoms. The first-order chi connectivity index (χ1) is 8.22. The number of aromatic nitrogens is 2. The van der Waals surface area contributed by atoms with Crippen molar-refractivity contribution in [3.05, 3.63) is 36.2 Å². The number of rotatable bonds is 4. The highest BCUT2D eigenvalue weighted by Gasteiger charge is 2.13. The molecule has 1 heterocycles. The number of para-hydroxylation sites is 1. The molecule has 0 amide bonds. The van der Waals surface area contributed by atoms with Gasteiger partial charge in [0.1, 0.15) is 0 Å². The second-order valence-corrected chi connectivity index (χ2v) is 4.37. The van der Waals surface area contributed by atoms with E-state index in [1.165, 1.54) is 0 Å². The normalized spacial score (nSPS) is 12.6. The van der Waals surface area contributed by atoms with Crippen LogP contribution < -0.4 is 0 Å². The lowest BCUT2D eigenvalue weighted by atomic mass is 9.97. The quantitative estimate of drug-likeness (QED) is 0.754. The lowest BCUT2D eigenvalue weighted by Crippen LogP contribution is -2.06. The minimum atomic E-state index is 0.158. The van der Waals surface area contributed by atoms with Gasteiger partial charge >= 0.3 is 0 Å². The van der Waals surface area contributed by atoms with E-state index in [4.69, 9.17) is 0 Å². The number of Topliss-reactive ketones (excluding diaryl/α,β-unsaturated/α-hetero) is 1. The molecule has 0 N–H and O–H groups in total. The van der Waals surface area contributed by atoms with Crippen LogP contribution >= 0.6 is 0 Å². The average Bonchev–Trinajstić information content (AvgIpc) is 2.37. The fourth-order valence-corrected chi connectivity index (χ4v) is 1.79. The Kier molecular flexibility index (Phi) is 3.47. The van der Waals surface area contributed by atoms with E-state index < -0.39 is 0 Å². The molecule has 17 heavy (non-hydrogen) atoms. The number of nitrogens with zero attached hydrogens (tertiary/aromatic N) is 2. The first kappa shape index (κ1) is 11.7. The Balaban J connectivity index is 2.38. The maximum Gasteiger partial charge on any atom is 0.165 e.